The maximum Gasteiger partial charge on any atom is 0.222 e. The minimum atomic E-state index is -0.663. The second-order valence-electron chi connectivity index (χ2n) is 6.09. The van der Waals surface area contributed by atoms with Crippen LogP contribution in [0.4, 0.5) is 0 Å². The Morgan fingerprint density at radius 2 is 1.95 bits per heavy atom. The second kappa shape index (κ2) is 8.10. The summed E-state index contributed by atoms with van der Waals surface area (Å²) in [4.78, 5) is 14.1. The first-order chi connectivity index (χ1) is 9.31. The average Bonchev–Trinajstić information content (AvgIpc) is 2.36. The Bertz CT molecular complexity index is 335. The van der Waals surface area contributed by atoms with Gasteiger partial charge in [0, 0.05) is 53.9 Å². The zero-order valence-corrected chi connectivity index (χ0v) is 13.9. The van der Waals surface area contributed by atoms with Gasteiger partial charge in [-0.3, -0.25) is 13.9 Å². The number of nitrogens with zero attached hydrogens (tertiary/aromatic N) is 1. The van der Waals surface area contributed by atoms with Crippen molar-refractivity contribution in [3.05, 3.63) is 0 Å². The lowest BCUT2D eigenvalue weighted by atomic mass is 10.0. The molecule has 1 heterocycles. The van der Waals surface area contributed by atoms with E-state index in [-0.39, 0.29) is 17.6 Å². The lowest BCUT2D eigenvalue weighted by molar-refractivity contribution is -0.123. The molecular formula is C14H28N2O3S. The van der Waals surface area contributed by atoms with Crippen LogP contribution in [0, 0.1) is 0 Å². The third-order valence-electron chi connectivity index (χ3n) is 3.53. The Balaban J connectivity index is 2.28. The van der Waals surface area contributed by atoms with Gasteiger partial charge in [-0.25, -0.2) is 0 Å². The molecule has 0 atom stereocenters. The Hall–Kier alpha value is -0.460. The highest BCUT2D eigenvalue weighted by Gasteiger charge is 2.29. The molecule has 1 amide bonds. The average molecular weight is 304 g/mol. The minimum Gasteiger partial charge on any atom is -0.378 e. The molecule has 118 valence electrons. The molecule has 0 aromatic carbocycles. The van der Waals surface area contributed by atoms with Gasteiger partial charge in [-0.05, 0) is 27.7 Å². The number of amides is 1. The number of hydrogen-bond acceptors (Lipinski definition) is 4. The van der Waals surface area contributed by atoms with Gasteiger partial charge in [0.25, 0.3) is 0 Å². The number of carbonyl (C=O) groups excluding carboxylic acids is 1. The molecule has 1 fully saturated rings. The van der Waals surface area contributed by atoms with E-state index < -0.39 is 10.8 Å². The first kappa shape index (κ1) is 17.6. The molecule has 20 heavy (non-hydrogen) atoms. The molecule has 0 aromatic rings. The van der Waals surface area contributed by atoms with E-state index in [4.69, 9.17) is 4.74 Å². The summed E-state index contributed by atoms with van der Waals surface area (Å²) in [6.07, 6.45) is 0.562. The van der Waals surface area contributed by atoms with E-state index in [0.29, 0.717) is 19.6 Å². The molecule has 0 aliphatic carbocycles. The Labute approximate surface area is 124 Å². The van der Waals surface area contributed by atoms with Gasteiger partial charge in [-0.2, -0.15) is 0 Å². The van der Waals surface area contributed by atoms with Crippen LogP contribution in [0.1, 0.15) is 34.1 Å². The summed E-state index contributed by atoms with van der Waals surface area (Å²) in [5, 5.41) is 2.97. The van der Waals surface area contributed by atoms with Crippen LogP contribution in [0.15, 0.2) is 0 Å². The highest BCUT2D eigenvalue weighted by atomic mass is 32.2. The van der Waals surface area contributed by atoms with E-state index in [0.717, 1.165) is 24.6 Å². The Kier molecular flexibility index (Phi) is 7.12. The predicted octanol–water partition coefficient (Wildman–Crippen LogP) is 0.761. The molecule has 1 N–H and O–H groups in total. The lowest BCUT2D eigenvalue weighted by Gasteiger charge is -2.40. The zero-order valence-electron chi connectivity index (χ0n) is 13.1. The smallest absolute Gasteiger partial charge is 0.222 e. The van der Waals surface area contributed by atoms with E-state index in [2.05, 4.69) is 24.1 Å². The second-order valence-corrected chi connectivity index (χ2v) is 7.79. The summed E-state index contributed by atoms with van der Waals surface area (Å²) in [5.74, 6) is 1.50. The highest BCUT2D eigenvalue weighted by Crippen LogP contribution is 2.16. The van der Waals surface area contributed by atoms with Gasteiger partial charge in [0.15, 0.2) is 0 Å². The van der Waals surface area contributed by atoms with Crippen LogP contribution in [0.25, 0.3) is 0 Å². The van der Waals surface area contributed by atoms with Gasteiger partial charge in [-0.15, -0.1) is 0 Å². The van der Waals surface area contributed by atoms with Gasteiger partial charge < -0.3 is 10.1 Å². The summed E-state index contributed by atoms with van der Waals surface area (Å²) in [7, 11) is -0.663. The first-order valence-corrected chi connectivity index (χ1v) is 8.78. The fourth-order valence-corrected chi connectivity index (χ4v) is 3.20. The molecule has 5 nitrogen and oxygen atoms in total. The predicted molar refractivity (Wildman–Crippen MR) is 82.2 cm³/mol. The molecule has 1 rings (SSSR count). The normalized spacial score (nSPS) is 18.4. The SMILES string of the molecule is CC(C)OCCC(=O)NCC(C)(C)N1CCS(=O)CC1. The van der Waals surface area contributed by atoms with Crippen LogP contribution in [-0.2, 0) is 20.3 Å². The molecule has 0 saturated carbocycles. The van der Waals surface area contributed by atoms with Crippen molar-refractivity contribution in [2.24, 2.45) is 0 Å². The number of nitrogens with one attached hydrogen (secondary N) is 1. The van der Waals surface area contributed by atoms with Crippen LogP contribution in [0.5, 0.6) is 0 Å². The lowest BCUT2D eigenvalue weighted by Crippen LogP contribution is -2.55. The summed E-state index contributed by atoms with van der Waals surface area (Å²) in [6, 6.07) is 0. The van der Waals surface area contributed by atoms with E-state index in [9.17, 15) is 9.00 Å². The fraction of sp³-hybridized carbons (Fsp3) is 0.929. The molecule has 0 bridgehead atoms. The summed E-state index contributed by atoms with van der Waals surface area (Å²) < 4.78 is 16.7. The maximum absolute atomic E-state index is 11.7. The van der Waals surface area contributed by atoms with Crippen molar-refractivity contribution in [2.75, 3.05) is 37.7 Å². The zero-order chi connectivity index (χ0) is 15.2. The van der Waals surface area contributed by atoms with Crippen molar-refractivity contribution in [3.8, 4) is 0 Å². The molecule has 0 aromatic heterocycles. The molecule has 1 saturated heterocycles. The Morgan fingerprint density at radius 3 is 2.50 bits per heavy atom. The molecule has 6 heteroatoms. The third-order valence-corrected chi connectivity index (χ3v) is 4.81. The molecule has 0 spiro atoms. The number of rotatable bonds is 7. The molecular weight excluding hydrogens is 276 g/mol. The number of hydrogen-bond donors (Lipinski definition) is 1. The van der Waals surface area contributed by atoms with Gasteiger partial charge in [-0.1, -0.05) is 0 Å². The van der Waals surface area contributed by atoms with Crippen LogP contribution < -0.4 is 5.32 Å². The molecule has 0 unspecified atom stereocenters. The third kappa shape index (κ3) is 6.33. The monoisotopic (exact) mass is 304 g/mol. The highest BCUT2D eigenvalue weighted by molar-refractivity contribution is 7.85. The maximum atomic E-state index is 11.7. The van der Waals surface area contributed by atoms with Crippen molar-refractivity contribution in [3.63, 3.8) is 0 Å². The van der Waals surface area contributed by atoms with Crippen molar-refractivity contribution in [1.29, 1.82) is 0 Å². The molecule has 1 aliphatic heterocycles. The van der Waals surface area contributed by atoms with Gasteiger partial charge >= 0.3 is 0 Å². The van der Waals surface area contributed by atoms with E-state index in [1.807, 2.05) is 13.8 Å². The molecule has 1 aliphatic rings. The van der Waals surface area contributed by atoms with Crippen LogP contribution in [-0.4, -0.2) is 64.4 Å². The summed E-state index contributed by atoms with van der Waals surface area (Å²) in [5.41, 5.74) is -0.0980. The van der Waals surface area contributed by atoms with Crippen molar-refractivity contribution in [1.82, 2.24) is 10.2 Å². The Morgan fingerprint density at radius 1 is 1.35 bits per heavy atom. The van der Waals surface area contributed by atoms with Crippen LogP contribution in [0.2, 0.25) is 0 Å². The topological polar surface area (TPSA) is 58.6 Å². The molecule has 0 radical (unpaired) electrons. The van der Waals surface area contributed by atoms with Gasteiger partial charge in [0.05, 0.1) is 12.7 Å². The van der Waals surface area contributed by atoms with Crippen LogP contribution in [0.3, 0.4) is 0 Å². The van der Waals surface area contributed by atoms with Crippen molar-refractivity contribution >= 4 is 16.7 Å². The number of carbonyl (C=O) groups is 1. The summed E-state index contributed by atoms with van der Waals surface area (Å²) in [6.45, 7) is 10.9. The number of ether oxygens (including phenoxy) is 1. The van der Waals surface area contributed by atoms with Crippen molar-refractivity contribution < 1.29 is 13.7 Å². The van der Waals surface area contributed by atoms with Crippen LogP contribution >= 0.6 is 0 Å². The van der Waals surface area contributed by atoms with E-state index in [1.54, 1.807) is 0 Å². The van der Waals surface area contributed by atoms with Gasteiger partial charge in [0.1, 0.15) is 0 Å². The first-order valence-electron chi connectivity index (χ1n) is 7.29. The minimum absolute atomic E-state index is 0.0271. The van der Waals surface area contributed by atoms with E-state index in [1.165, 1.54) is 0 Å². The standard InChI is InChI=1S/C14H28N2O3S/c1-12(2)19-8-5-13(17)15-11-14(3,4)16-6-9-20(18)10-7-16/h12H,5-11H2,1-4H3,(H,15,17). The largest absolute Gasteiger partial charge is 0.378 e. The quantitative estimate of drug-likeness (QED) is 0.754. The van der Waals surface area contributed by atoms with E-state index >= 15 is 0 Å². The van der Waals surface area contributed by atoms with Crippen molar-refractivity contribution in [2.45, 2.75) is 45.8 Å². The summed E-state index contributed by atoms with van der Waals surface area (Å²) >= 11 is 0. The van der Waals surface area contributed by atoms with Gasteiger partial charge in [0.2, 0.25) is 5.91 Å². The fourth-order valence-electron chi connectivity index (χ4n) is 2.15.